The van der Waals surface area contributed by atoms with Gasteiger partial charge in [0.1, 0.15) is 12.1 Å². The highest BCUT2D eigenvalue weighted by molar-refractivity contribution is 6.30. The number of hydrogen-bond acceptors (Lipinski definition) is 4. The second-order valence-electron chi connectivity index (χ2n) is 5.85. The van der Waals surface area contributed by atoms with Crippen LogP contribution >= 0.6 is 11.6 Å². The molecule has 134 valence electrons. The van der Waals surface area contributed by atoms with E-state index in [1.54, 1.807) is 35.0 Å². The monoisotopic (exact) mass is 373 g/mol. The first-order valence-electron chi connectivity index (χ1n) is 8.08. The second-order valence-corrected chi connectivity index (χ2v) is 6.29. The highest BCUT2D eigenvalue weighted by Gasteiger charge is 2.18. The number of benzene rings is 2. The van der Waals surface area contributed by atoms with Crippen molar-refractivity contribution in [2.24, 2.45) is 0 Å². The van der Waals surface area contributed by atoms with Crippen molar-refractivity contribution in [1.29, 1.82) is 0 Å². The zero-order chi connectivity index (χ0) is 18.4. The number of rotatable bonds is 7. The Morgan fingerprint density at radius 3 is 2.65 bits per heavy atom. The van der Waals surface area contributed by atoms with E-state index in [1.807, 2.05) is 12.1 Å². The Hall–Kier alpha value is -2.80. The van der Waals surface area contributed by atoms with Crippen molar-refractivity contribution >= 4 is 17.5 Å². The van der Waals surface area contributed by atoms with E-state index >= 15 is 0 Å². The van der Waals surface area contributed by atoms with E-state index in [0.29, 0.717) is 17.1 Å². The summed E-state index contributed by atoms with van der Waals surface area (Å²) in [5, 5.41) is 14.5. The summed E-state index contributed by atoms with van der Waals surface area (Å²) >= 11 is 5.94. The normalized spacial score (nSPS) is 11.9. The van der Waals surface area contributed by atoms with Crippen molar-refractivity contribution in [3.63, 3.8) is 0 Å². The SMILES string of the molecule is O=C(CC(Cn1cnnn1)c1ccc(Cl)cc1)NCc1ccccc1F. The maximum atomic E-state index is 13.7. The van der Waals surface area contributed by atoms with Gasteiger partial charge in [-0.15, -0.1) is 5.10 Å². The lowest BCUT2D eigenvalue weighted by molar-refractivity contribution is -0.121. The zero-order valence-electron chi connectivity index (χ0n) is 13.8. The number of tetrazole rings is 1. The quantitative estimate of drug-likeness (QED) is 0.691. The van der Waals surface area contributed by atoms with Gasteiger partial charge in [0.25, 0.3) is 0 Å². The van der Waals surface area contributed by atoms with Gasteiger partial charge in [-0.1, -0.05) is 41.9 Å². The van der Waals surface area contributed by atoms with E-state index in [1.165, 1.54) is 12.4 Å². The predicted molar refractivity (Wildman–Crippen MR) is 94.9 cm³/mol. The molecule has 1 heterocycles. The maximum absolute atomic E-state index is 13.7. The minimum atomic E-state index is -0.337. The van der Waals surface area contributed by atoms with Crippen molar-refractivity contribution in [3.8, 4) is 0 Å². The van der Waals surface area contributed by atoms with Gasteiger partial charge >= 0.3 is 0 Å². The summed E-state index contributed by atoms with van der Waals surface area (Å²) in [6.07, 6.45) is 1.72. The van der Waals surface area contributed by atoms with Gasteiger partial charge in [0.05, 0.1) is 6.54 Å². The van der Waals surface area contributed by atoms with Crippen LogP contribution in [-0.2, 0) is 17.9 Å². The van der Waals surface area contributed by atoms with Crippen molar-refractivity contribution in [2.75, 3.05) is 0 Å². The van der Waals surface area contributed by atoms with Gasteiger partial charge in [-0.25, -0.2) is 9.07 Å². The van der Waals surface area contributed by atoms with Gasteiger partial charge in [0.15, 0.2) is 0 Å². The first-order valence-corrected chi connectivity index (χ1v) is 8.46. The summed E-state index contributed by atoms with van der Waals surface area (Å²) in [6.45, 7) is 0.589. The van der Waals surface area contributed by atoms with Crippen LogP contribution < -0.4 is 5.32 Å². The van der Waals surface area contributed by atoms with Crippen LogP contribution in [0.5, 0.6) is 0 Å². The van der Waals surface area contributed by atoms with Crippen LogP contribution in [0.15, 0.2) is 54.9 Å². The minimum absolute atomic E-state index is 0.142. The average Bonchev–Trinajstić information content (AvgIpc) is 3.14. The topological polar surface area (TPSA) is 72.7 Å². The average molecular weight is 374 g/mol. The first-order chi connectivity index (χ1) is 12.6. The van der Waals surface area contributed by atoms with E-state index in [9.17, 15) is 9.18 Å². The van der Waals surface area contributed by atoms with Crippen LogP contribution in [0.25, 0.3) is 0 Å². The van der Waals surface area contributed by atoms with E-state index in [2.05, 4.69) is 20.8 Å². The molecule has 1 N–H and O–H groups in total. The molecule has 8 heteroatoms. The van der Waals surface area contributed by atoms with Crippen LogP contribution in [0.1, 0.15) is 23.5 Å². The number of carbonyl (C=O) groups excluding carboxylic acids is 1. The predicted octanol–water partition coefficient (Wildman–Crippen LogP) is 2.96. The molecule has 0 saturated heterocycles. The Labute approximate surface area is 155 Å². The van der Waals surface area contributed by atoms with Gasteiger partial charge in [0.2, 0.25) is 5.91 Å². The zero-order valence-corrected chi connectivity index (χ0v) is 14.6. The van der Waals surface area contributed by atoms with E-state index in [0.717, 1.165) is 5.56 Å². The molecule has 3 rings (SSSR count). The van der Waals surface area contributed by atoms with E-state index < -0.39 is 0 Å². The smallest absolute Gasteiger partial charge is 0.220 e. The van der Waals surface area contributed by atoms with Crippen LogP contribution in [0.4, 0.5) is 4.39 Å². The number of nitrogens with zero attached hydrogens (tertiary/aromatic N) is 4. The Morgan fingerprint density at radius 1 is 1.19 bits per heavy atom. The van der Waals surface area contributed by atoms with Gasteiger partial charge in [0, 0.05) is 29.5 Å². The van der Waals surface area contributed by atoms with Crippen molar-refractivity contribution in [1.82, 2.24) is 25.5 Å². The lowest BCUT2D eigenvalue weighted by Gasteiger charge is -2.17. The molecular weight excluding hydrogens is 357 g/mol. The Kier molecular flexibility index (Phi) is 5.91. The number of halogens is 2. The first kappa shape index (κ1) is 18.0. The molecule has 1 unspecified atom stereocenters. The lowest BCUT2D eigenvalue weighted by Crippen LogP contribution is -2.26. The van der Waals surface area contributed by atoms with Crippen molar-refractivity contribution in [2.45, 2.75) is 25.4 Å². The molecule has 0 fully saturated rings. The molecule has 0 aliphatic carbocycles. The molecule has 1 amide bonds. The summed E-state index contributed by atoms with van der Waals surface area (Å²) in [7, 11) is 0. The van der Waals surface area contributed by atoms with Crippen molar-refractivity contribution in [3.05, 3.63) is 76.8 Å². The van der Waals surface area contributed by atoms with Crippen LogP contribution in [0.3, 0.4) is 0 Å². The lowest BCUT2D eigenvalue weighted by atomic mass is 9.95. The summed E-state index contributed by atoms with van der Waals surface area (Å²) < 4.78 is 15.2. The third-order valence-electron chi connectivity index (χ3n) is 4.01. The number of nitrogens with one attached hydrogen (secondary N) is 1. The third kappa shape index (κ3) is 4.86. The summed E-state index contributed by atoms with van der Waals surface area (Å²) in [5.41, 5.74) is 1.40. The molecule has 3 aromatic rings. The Bertz CT molecular complexity index is 854. The third-order valence-corrected chi connectivity index (χ3v) is 4.26. The molecule has 0 aliphatic heterocycles. The highest BCUT2D eigenvalue weighted by Crippen LogP contribution is 2.23. The van der Waals surface area contributed by atoms with Gasteiger partial charge in [-0.3, -0.25) is 4.79 Å². The van der Waals surface area contributed by atoms with E-state index in [4.69, 9.17) is 11.6 Å². The fourth-order valence-corrected chi connectivity index (χ4v) is 2.77. The van der Waals surface area contributed by atoms with Gasteiger partial charge in [-0.2, -0.15) is 0 Å². The fraction of sp³-hybridized carbons (Fsp3) is 0.222. The highest BCUT2D eigenvalue weighted by atomic mass is 35.5. The van der Waals surface area contributed by atoms with Crippen LogP contribution in [0.2, 0.25) is 5.02 Å². The van der Waals surface area contributed by atoms with Crippen LogP contribution in [0, 0.1) is 5.82 Å². The molecule has 0 spiro atoms. The fourth-order valence-electron chi connectivity index (χ4n) is 2.64. The largest absolute Gasteiger partial charge is 0.352 e. The number of aromatic nitrogens is 4. The van der Waals surface area contributed by atoms with Gasteiger partial charge in [-0.05, 0) is 34.2 Å². The summed E-state index contributed by atoms with van der Waals surface area (Å²) in [5.74, 6) is -0.659. The molecule has 0 bridgehead atoms. The summed E-state index contributed by atoms with van der Waals surface area (Å²) in [4.78, 5) is 12.4. The summed E-state index contributed by atoms with van der Waals surface area (Å²) in [6, 6.07) is 13.7. The number of carbonyl (C=O) groups is 1. The van der Waals surface area contributed by atoms with Crippen molar-refractivity contribution < 1.29 is 9.18 Å². The molecule has 26 heavy (non-hydrogen) atoms. The minimum Gasteiger partial charge on any atom is -0.352 e. The number of amides is 1. The molecule has 1 atom stereocenters. The molecule has 0 saturated carbocycles. The van der Waals surface area contributed by atoms with Gasteiger partial charge < -0.3 is 5.32 Å². The molecule has 0 aliphatic rings. The molecule has 1 aromatic heterocycles. The molecular formula is C18H17ClFN5O. The molecule has 2 aromatic carbocycles. The standard InChI is InChI=1S/C18H17ClFN5O/c19-16-7-5-13(6-8-16)15(11-25-12-22-23-24-25)9-18(26)21-10-14-3-1-2-4-17(14)20/h1-8,12,15H,9-11H2,(H,21,26). The molecule has 6 nitrogen and oxygen atoms in total. The number of hydrogen-bond donors (Lipinski definition) is 1. The Balaban J connectivity index is 1.67. The molecule has 0 radical (unpaired) electrons. The van der Waals surface area contributed by atoms with E-state index in [-0.39, 0.29) is 30.6 Å². The Morgan fingerprint density at radius 2 is 1.96 bits per heavy atom. The van der Waals surface area contributed by atoms with Crippen LogP contribution in [-0.4, -0.2) is 26.1 Å². The second kappa shape index (κ2) is 8.53. The maximum Gasteiger partial charge on any atom is 0.220 e.